The van der Waals surface area contributed by atoms with Crippen LogP contribution in [0.25, 0.3) is 5.69 Å². The van der Waals surface area contributed by atoms with Crippen molar-refractivity contribution in [3.05, 3.63) is 51.4 Å². The van der Waals surface area contributed by atoms with E-state index < -0.39 is 0 Å². The van der Waals surface area contributed by atoms with E-state index in [0.29, 0.717) is 0 Å². The van der Waals surface area contributed by atoms with Crippen LogP contribution in [0.2, 0.25) is 0 Å². The molecule has 3 rings (SSSR count). The molecular weight excluding hydrogens is 326 g/mol. The van der Waals surface area contributed by atoms with Crippen molar-refractivity contribution in [2.24, 2.45) is 0 Å². The van der Waals surface area contributed by atoms with Crippen LogP contribution in [-0.4, -0.2) is 20.2 Å². The Morgan fingerprint density at radius 3 is 2.95 bits per heavy atom. The van der Waals surface area contributed by atoms with Crippen LogP contribution in [0.15, 0.2) is 46.5 Å². The van der Waals surface area contributed by atoms with Gasteiger partial charge in [-0.15, -0.1) is 16.4 Å². The van der Waals surface area contributed by atoms with Crippen molar-refractivity contribution in [1.29, 1.82) is 0 Å². The molecule has 2 aromatic heterocycles. The molecule has 0 aliphatic rings. The summed E-state index contributed by atoms with van der Waals surface area (Å²) in [6.07, 6.45) is 1.59. The summed E-state index contributed by atoms with van der Waals surface area (Å²) in [5, 5.41) is 16.7. The number of halogens is 1. The van der Waals surface area contributed by atoms with E-state index in [9.17, 15) is 0 Å². The highest BCUT2D eigenvalue weighted by Gasteiger charge is 2.05. The topological polar surface area (TPSA) is 55.6 Å². The predicted octanol–water partition coefficient (Wildman–Crippen LogP) is 3.10. The van der Waals surface area contributed by atoms with Crippen molar-refractivity contribution in [2.75, 3.05) is 5.32 Å². The van der Waals surface area contributed by atoms with Crippen LogP contribution in [0, 0.1) is 0 Å². The standard InChI is InChI=1S/C12H10BrN5S/c13-9-5-10(19-7-9)6-14-11-3-1-2-4-12(11)18-8-15-16-17-18/h1-5,7-8,14H,6H2. The van der Waals surface area contributed by atoms with Gasteiger partial charge in [-0.25, -0.2) is 0 Å². The fourth-order valence-electron chi connectivity index (χ4n) is 1.72. The molecule has 0 aliphatic heterocycles. The SMILES string of the molecule is Brc1csc(CNc2ccccc2-n2cnnn2)c1. The average Bonchev–Trinajstić information content (AvgIpc) is 3.08. The zero-order valence-electron chi connectivity index (χ0n) is 9.82. The molecule has 0 atom stereocenters. The van der Waals surface area contributed by atoms with Crippen LogP contribution >= 0.6 is 27.3 Å². The highest BCUT2D eigenvalue weighted by Crippen LogP contribution is 2.23. The fraction of sp³-hybridized carbons (Fsp3) is 0.0833. The summed E-state index contributed by atoms with van der Waals surface area (Å²) in [4.78, 5) is 1.26. The lowest BCUT2D eigenvalue weighted by molar-refractivity contribution is 0.789. The number of rotatable bonds is 4. The van der Waals surface area contributed by atoms with Crippen molar-refractivity contribution in [2.45, 2.75) is 6.54 Å². The Hall–Kier alpha value is -1.73. The van der Waals surface area contributed by atoms with Crippen molar-refractivity contribution in [3.63, 3.8) is 0 Å². The zero-order chi connectivity index (χ0) is 13.1. The minimum atomic E-state index is 0.773. The summed E-state index contributed by atoms with van der Waals surface area (Å²) in [5.41, 5.74) is 1.93. The maximum atomic E-state index is 3.92. The van der Waals surface area contributed by atoms with E-state index >= 15 is 0 Å². The summed E-state index contributed by atoms with van der Waals surface area (Å²) in [7, 11) is 0. The van der Waals surface area contributed by atoms with Gasteiger partial charge in [0.15, 0.2) is 0 Å². The molecule has 0 spiro atoms. The summed E-state index contributed by atoms with van der Waals surface area (Å²) in [6.45, 7) is 0.773. The molecule has 0 unspecified atom stereocenters. The number of tetrazole rings is 1. The molecule has 0 radical (unpaired) electrons. The largest absolute Gasteiger partial charge is 0.378 e. The van der Waals surface area contributed by atoms with Crippen LogP contribution in [-0.2, 0) is 6.54 Å². The molecule has 7 heteroatoms. The maximum Gasteiger partial charge on any atom is 0.143 e. The van der Waals surface area contributed by atoms with Crippen LogP contribution in [0.4, 0.5) is 5.69 Å². The number of hydrogen-bond acceptors (Lipinski definition) is 5. The quantitative estimate of drug-likeness (QED) is 0.795. The first-order valence-corrected chi connectivity index (χ1v) is 7.29. The average molecular weight is 336 g/mol. The number of thiophene rings is 1. The first-order valence-electron chi connectivity index (χ1n) is 5.62. The number of hydrogen-bond donors (Lipinski definition) is 1. The molecule has 0 aliphatic carbocycles. The molecule has 5 nitrogen and oxygen atoms in total. The third-order valence-electron chi connectivity index (χ3n) is 2.57. The van der Waals surface area contributed by atoms with E-state index in [1.54, 1.807) is 22.3 Å². The van der Waals surface area contributed by atoms with E-state index in [0.717, 1.165) is 22.4 Å². The molecule has 0 saturated heterocycles. The molecule has 0 saturated carbocycles. The Bertz CT molecular complexity index is 664. The third kappa shape index (κ3) is 2.82. The van der Waals surface area contributed by atoms with Crippen LogP contribution < -0.4 is 5.32 Å². The molecule has 2 heterocycles. The second-order valence-corrected chi connectivity index (χ2v) is 5.77. The number of para-hydroxylation sites is 2. The van der Waals surface area contributed by atoms with E-state index in [-0.39, 0.29) is 0 Å². The second-order valence-electron chi connectivity index (χ2n) is 3.86. The predicted molar refractivity (Wildman–Crippen MR) is 78.5 cm³/mol. The molecule has 0 bridgehead atoms. The van der Waals surface area contributed by atoms with Gasteiger partial charge in [0.1, 0.15) is 6.33 Å². The first-order chi connectivity index (χ1) is 9.33. The third-order valence-corrected chi connectivity index (χ3v) is 4.27. The number of anilines is 1. The second kappa shape index (κ2) is 5.50. The number of nitrogens with zero attached hydrogens (tertiary/aromatic N) is 4. The van der Waals surface area contributed by atoms with E-state index in [2.05, 4.69) is 48.2 Å². The van der Waals surface area contributed by atoms with Crippen molar-refractivity contribution >= 4 is 33.0 Å². The van der Waals surface area contributed by atoms with Crippen LogP contribution in [0.3, 0.4) is 0 Å². The summed E-state index contributed by atoms with van der Waals surface area (Å²) in [5.74, 6) is 0. The van der Waals surface area contributed by atoms with Gasteiger partial charge >= 0.3 is 0 Å². The van der Waals surface area contributed by atoms with Crippen LogP contribution in [0.1, 0.15) is 4.88 Å². The molecule has 0 amide bonds. The Labute approximate surface area is 122 Å². The van der Waals surface area contributed by atoms with E-state index in [1.807, 2.05) is 24.3 Å². The van der Waals surface area contributed by atoms with Gasteiger partial charge in [-0.1, -0.05) is 12.1 Å². The Balaban J connectivity index is 1.81. The molecule has 19 heavy (non-hydrogen) atoms. The molecule has 3 aromatic rings. The van der Waals surface area contributed by atoms with Crippen molar-refractivity contribution in [1.82, 2.24) is 20.2 Å². The highest BCUT2D eigenvalue weighted by molar-refractivity contribution is 9.10. The molecule has 0 fully saturated rings. The maximum absolute atomic E-state index is 3.92. The normalized spacial score (nSPS) is 10.6. The van der Waals surface area contributed by atoms with Gasteiger partial charge in [0, 0.05) is 21.3 Å². The lowest BCUT2D eigenvalue weighted by Gasteiger charge is -2.10. The molecule has 96 valence electrons. The smallest absolute Gasteiger partial charge is 0.143 e. The van der Waals surface area contributed by atoms with Gasteiger partial charge in [0.05, 0.1) is 11.4 Å². The number of nitrogens with one attached hydrogen (secondary N) is 1. The van der Waals surface area contributed by atoms with Gasteiger partial charge in [0.2, 0.25) is 0 Å². The lowest BCUT2D eigenvalue weighted by atomic mass is 10.2. The molecular formula is C12H10BrN5S. The fourth-order valence-corrected chi connectivity index (χ4v) is 3.11. The van der Waals surface area contributed by atoms with Crippen molar-refractivity contribution < 1.29 is 0 Å². The lowest BCUT2D eigenvalue weighted by Crippen LogP contribution is -2.04. The van der Waals surface area contributed by atoms with Gasteiger partial charge in [-0.2, -0.15) is 4.68 Å². The van der Waals surface area contributed by atoms with Gasteiger partial charge in [-0.05, 0) is 44.6 Å². The first kappa shape index (κ1) is 12.3. The Kier molecular flexibility index (Phi) is 3.56. The van der Waals surface area contributed by atoms with Gasteiger partial charge < -0.3 is 5.32 Å². The van der Waals surface area contributed by atoms with Crippen LogP contribution in [0.5, 0.6) is 0 Å². The van der Waals surface area contributed by atoms with E-state index in [4.69, 9.17) is 0 Å². The minimum Gasteiger partial charge on any atom is -0.378 e. The Morgan fingerprint density at radius 1 is 1.32 bits per heavy atom. The monoisotopic (exact) mass is 335 g/mol. The summed E-state index contributed by atoms with van der Waals surface area (Å²) < 4.78 is 2.76. The summed E-state index contributed by atoms with van der Waals surface area (Å²) >= 11 is 5.17. The number of aromatic nitrogens is 4. The minimum absolute atomic E-state index is 0.773. The van der Waals surface area contributed by atoms with Crippen molar-refractivity contribution in [3.8, 4) is 5.69 Å². The molecule has 1 N–H and O–H groups in total. The van der Waals surface area contributed by atoms with Gasteiger partial charge in [-0.3, -0.25) is 0 Å². The Morgan fingerprint density at radius 2 is 2.21 bits per heavy atom. The number of benzene rings is 1. The highest BCUT2D eigenvalue weighted by atomic mass is 79.9. The zero-order valence-corrected chi connectivity index (χ0v) is 12.2. The summed E-state index contributed by atoms with van der Waals surface area (Å²) in [6, 6.07) is 10.0. The van der Waals surface area contributed by atoms with E-state index in [1.165, 1.54) is 4.88 Å². The molecule has 1 aromatic carbocycles. The van der Waals surface area contributed by atoms with Gasteiger partial charge in [0.25, 0.3) is 0 Å².